The first-order chi connectivity index (χ1) is 21.2. The van der Waals surface area contributed by atoms with Crippen LogP contribution < -0.4 is 9.47 Å². The highest BCUT2D eigenvalue weighted by Gasteiger charge is 2.38. The number of hydrogen-bond donors (Lipinski definition) is 1. The third kappa shape index (κ3) is 7.89. The van der Waals surface area contributed by atoms with E-state index in [1.54, 1.807) is 7.11 Å². The number of methoxy groups -OCH3 is 1. The lowest BCUT2D eigenvalue weighted by atomic mass is 9.88. The summed E-state index contributed by atoms with van der Waals surface area (Å²) in [5.41, 5.74) is 3.10. The van der Waals surface area contributed by atoms with Crippen LogP contribution in [0.15, 0.2) is 71.3 Å². The molecule has 0 aliphatic carbocycles. The summed E-state index contributed by atoms with van der Waals surface area (Å²) >= 11 is 6.50. The van der Waals surface area contributed by atoms with E-state index in [1.807, 2.05) is 54.6 Å². The van der Waals surface area contributed by atoms with Gasteiger partial charge in [0.1, 0.15) is 5.60 Å². The van der Waals surface area contributed by atoms with Crippen molar-refractivity contribution < 1.29 is 28.6 Å². The molecule has 0 spiro atoms. The van der Waals surface area contributed by atoms with Crippen molar-refractivity contribution in [2.45, 2.75) is 51.7 Å². The van der Waals surface area contributed by atoms with Crippen LogP contribution in [0.3, 0.4) is 0 Å². The van der Waals surface area contributed by atoms with Crippen molar-refractivity contribution in [1.29, 1.82) is 0 Å². The zero-order valence-corrected chi connectivity index (χ0v) is 26.0. The molecule has 0 atom stereocenters. The van der Waals surface area contributed by atoms with Gasteiger partial charge in [-0.2, -0.15) is 4.98 Å². The first-order valence-corrected chi connectivity index (χ1v) is 15.2. The van der Waals surface area contributed by atoms with Crippen molar-refractivity contribution in [3.8, 4) is 34.3 Å². The van der Waals surface area contributed by atoms with Crippen molar-refractivity contribution in [1.82, 2.24) is 15.0 Å². The first-order valence-electron chi connectivity index (χ1n) is 14.9. The second kappa shape index (κ2) is 14.1. The maximum absolute atomic E-state index is 11.6. The quantitative estimate of drug-likeness (QED) is 0.159. The Bertz CT molecular complexity index is 1550. The predicted molar refractivity (Wildman–Crippen MR) is 168 cm³/mol. The molecule has 1 saturated heterocycles. The Hall–Kier alpha value is -4.08. The van der Waals surface area contributed by atoms with Crippen LogP contribution in [0.4, 0.5) is 4.79 Å². The van der Waals surface area contributed by atoms with E-state index in [0.717, 1.165) is 35.2 Å². The van der Waals surface area contributed by atoms with Crippen molar-refractivity contribution >= 4 is 17.8 Å². The van der Waals surface area contributed by atoms with Crippen molar-refractivity contribution in [3.05, 3.63) is 82.9 Å². The van der Waals surface area contributed by atoms with E-state index in [0.29, 0.717) is 73.1 Å². The minimum Gasteiger partial charge on any atom is -0.493 e. The van der Waals surface area contributed by atoms with E-state index in [-0.39, 0.29) is 0 Å². The molecule has 5 rings (SSSR count). The molecule has 1 N–H and O–H groups in total. The van der Waals surface area contributed by atoms with Gasteiger partial charge in [-0.1, -0.05) is 73.1 Å². The molecule has 10 heteroatoms. The van der Waals surface area contributed by atoms with Gasteiger partial charge in [-0.3, -0.25) is 4.90 Å². The molecular formula is C34H38ClN3O6. The van der Waals surface area contributed by atoms with Crippen LogP contribution in [0.25, 0.3) is 22.8 Å². The number of benzene rings is 3. The third-order valence-corrected chi connectivity index (χ3v) is 8.28. The van der Waals surface area contributed by atoms with E-state index in [2.05, 4.69) is 41.0 Å². The number of carboxylic acid groups (broad SMARTS) is 1. The van der Waals surface area contributed by atoms with Gasteiger partial charge in [-0.05, 0) is 47.7 Å². The minimum absolute atomic E-state index is 0.323. The van der Waals surface area contributed by atoms with Crippen LogP contribution >= 0.6 is 11.6 Å². The molecular weight excluding hydrogens is 582 g/mol. The van der Waals surface area contributed by atoms with E-state index >= 15 is 0 Å². The fourth-order valence-electron chi connectivity index (χ4n) is 5.55. The summed E-state index contributed by atoms with van der Waals surface area (Å²) in [6.07, 6.45) is 1.28. The van der Waals surface area contributed by atoms with Crippen LogP contribution in [0, 0.1) is 5.92 Å². The van der Waals surface area contributed by atoms with Crippen molar-refractivity contribution in [2.24, 2.45) is 5.92 Å². The van der Waals surface area contributed by atoms with Crippen LogP contribution in [-0.2, 0) is 17.7 Å². The van der Waals surface area contributed by atoms with Crippen molar-refractivity contribution in [2.75, 3.05) is 26.8 Å². The lowest BCUT2D eigenvalue weighted by Gasteiger charge is -2.40. The summed E-state index contributed by atoms with van der Waals surface area (Å²) in [5, 5.41) is 14.3. The molecule has 0 unspecified atom stereocenters. The topological polar surface area (TPSA) is 107 Å². The summed E-state index contributed by atoms with van der Waals surface area (Å²) in [7, 11) is 1.59. The van der Waals surface area contributed by atoms with Crippen LogP contribution in [0.2, 0.25) is 5.02 Å². The van der Waals surface area contributed by atoms with Gasteiger partial charge in [-0.15, -0.1) is 0 Å². The summed E-state index contributed by atoms with van der Waals surface area (Å²) in [6.45, 7) is 6.80. The molecule has 0 bridgehead atoms. The van der Waals surface area contributed by atoms with E-state index < -0.39 is 11.8 Å². The average molecular weight is 620 g/mol. The predicted octanol–water partition coefficient (Wildman–Crippen LogP) is 7.76. The summed E-state index contributed by atoms with van der Waals surface area (Å²) in [6, 6.07) is 21.3. The Morgan fingerprint density at radius 2 is 1.75 bits per heavy atom. The molecule has 4 aromatic rings. The molecule has 232 valence electrons. The third-order valence-electron chi connectivity index (χ3n) is 7.93. The molecule has 0 amide bonds. The van der Waals surface area contributed by atoms with Gasteiger partial charge in [0.05, 0.1) is 13.7 Å². The Morgan fingerprint density at radius 1 is 1.05 bits per heavy atom. The average Bonchev–Trinajstić information content (AvgIpc) is 3.50. The largest absolute Gasteiger partial charge is 0.506 e. The lowest BCUT2D eigenvalue weighted by molar-refractivity contribution is -0.0674. The maximum atomic E-state index is 11.6. The molecule has 1 aromatic heterocycles. The maximum Gasteiger partial charge on any atom is 0.506 e. The second-order valence-electron chi connectivity index (χ2n) is 11.6. The van der Waals surface area contributed by atoms with Crippen LogP contribution in [-0.4, -0.2) is 58.7 Å². The van der Waals surface area contributed by atoms with Gasteiger partial charge >= 0.3 is 6.16 Å². The molecule has 1 fully saturated rings. The van der Waals surface area contributed by atoms with Gasteiger partial charge in [0, 0.05) is 55.0 Å². The summed E-state index contributed by atoms with van der Waals surface area (Å²) < 4.78 is 22.3. The van der Waals surface area contributed by atoms with Gasteiger partial charge in [-0.25, -0.2) is 4.79 Å². The number of aromatic nitrogens is 2. The monoisotopic (exact) mass is 619 g/mol. The smallest absolute Gasteiger partial charge is 0.493 e. The van der Waals surface area contributed by atoms with Gasteiger partial charge in [0.2, 0.25) is 5.82 Å². The Labute approximate surface area is 262 Å². The van der Waals surface area contributed by atoms with Crippen LogP contribution in [0.1, 0.15) is 44.2 Å². The highest BCUT2D eigenvalue weighted by atomic mass is 35.5. The fraction of sp³-hybridized carbons (Fsp3) is 0.382. The van der Waals surface area contributed by atoms with E-state index in [1.165, 1.54) is 0 Å². The summed E-state index contributed by atoms with van der Waals surface area (Å²) in [5.74, 6) is 2.71. The second-order valence-corrected chi connectivity index (χ2v) is 12.0. The molecule has 0 saturated carbocycles. The minimum atomic E-state index is -1.26. The highest BCUT2D eigenvalue weighted by Crippen LogP contribution is 2.33. The Morgan fingerprint density at radius 3 is 2.41 bits per heavy atom. The van der Waals surface area contributed by atoms with Crippen LogP contribution in [0.5, 0.6) is 11.5 Å². The highest BCUT2D eigenvalue weighted by molar-refractivity contribution is 6.31. The van der Waals surface area contributed by atoms with Gasteiger partial charge in [0.25, 0.3) is 5.89 Å². The SMILES string of the molecule is COc1ccccc1OCCC1(OC(=O)O)CCN(Cc2ccc(-c3noc(-c4ccc(CC(C)C)c(Cl)c4)n3)cc2)CC1. The van der Waals surface area contributed by atoms with Gasteiger partial charge in [0.15, 0.2) is 11.5 Å². The van der Waals surface area contributed by atoms with Crippen molar-refractivity contribution in [3.63, 3.8) is 0 Å². The molecule has 2 heterocycles. The Balaban J connectivity index is 1.16. The number of hydrogen-bond acceptors (Lipinski definition) is 8. The van der Waals surface area contributed by atoms with E-state index in [4.69, 9.17) is 30.3 Å². The number of ether oxygens (including phenoxy) is 3. The standard InChI is InChI=1S/C34H38ClN3O6/c1-23(2)20-26-12-13-27(21-28(26)35)32-36-31(37-44-32)25-10-8-24(9-11-25)22-38-17-14-34(15-18-38,43-33(39)40)16-19-42-30-7-5-4-6-29(30)41-3/h4-13,21,23H,14-20,22H2,1-3H3,(H,39,40). The zero-order chi connectivity index (χ0) is 31.1. The van der Waals surface area contributed by atoms with E-state index in [9.17, 15) is 9.90 Å². The normalized spacial score (nSPS) is 14.8. The number of likely N-dealkylation sites (tertiary alicyclic amines) is 1. The zero-order valence-electron chi connectivity index (χ0n) is 25.3. The first kappa shape index (κ1) is 31.3. The summed E-state index contributed by atoms with van der Waals surface area (Å²) in [4.78, 5) is 18.5. The molecule has 3 aromatic carbocycles. The Kier molecular flexibility index (Phi) is 10.1. The number of rotatable bonds is 12. The molecule has 0 radical (unpaired) electrons. The number of halogens is 1. The molecule has 9 nitrogen and oxygen atoms in total. The molecule has 44 heavy (non-hydrogen) atoms. The number of para-hydroxylation sites is 2. The van der Waals surface area contributed by atoms with Gasteiger partial charge < -0.3 is 23.8 Å². The number of nitrogens with zero attached hydrogens (tertiary/aromatic N) is 3. The number of carbonyl (C=O) groups is 1. The lowest BCUT2D eigenvalue weighted by Crippen LogP contribution is -2.47. The molecule has 1 aliphatic rings. The fourth-order valence-corrected chi connectivity index (χ4v) is 5.81. The molecule has 1 aliphatic heterocycles. The number of piperidine rings is 1.